The number of carboxylic acid groups (broad SMARTS) is 1. The van der Waals surface area contributed by atoms with Gasteiger partial charge < -0.3 is 21.5 Å². The predicted octanol–water partition coefficient (Wildman–Crippen LogP) is 0.896. The molecule has 0 aromatic carbocycles. The maximum Gasteiger partial charge on any atom is 0.404 e. The Morgan fingerprint density at radius 2 is 2.33 bits per heavy atom. The van der Waals surface area contributed by atoms with Crippen molar-refractivity contribution in [2.24, 2.45) is 5.73 Å². The van der Waals surface area contributed by atoms with Gasteiger partial charge in [-0.25, -0.2) is 4.79 Å². The van der Waals surface area contributed by atoms with Crippen molar-refractivity contribution in [3.63, 3.8) is 0 Å². The third-order valence-corrected chi connectivity index (χ3v) is 2.33. The molecule has 0 radical (unpaired) electrons. The molecule has 0 saturated carbocycles. The number of anilines is 1. The summed E-state index contributed by atoms with van der Waals surface area (Å²) in [4.78, 5) is 14.5. The van der Waals surface area contributed by atoms with Crippen molar-refractivity contribution < 1.29 is 9.90 Å². The van der Waals surface area contributed by atoms with Crippen LogP contribution in [0.5, 0.6) is 0 Å². The fraction of sp³-hybridized carbons (Fsp3) is 0.364. The molecule has 7 heteroatoms. The Labute approximate surface area is 105 Å². The highest BCUT2D eigenvalue weighted by Gasteiger charge is 2.03. The molecule has 1 aromatic rings. The zero-order chi connectivity index (χ0) is 13.5. The summed E-state index contributed by atoms with van der Waals surface area (Å²) in [6.45, 7) is 2.22. The topological polar surface area (TPSA) is 124 Å². The third-order valence-electron chi connectivity index (χ3n) is 2.33. The Kier molecular flexibility index (Phi) is 4.91. The quantitative estimate of drug-likeness (QED) is 0.302. The Hall–Kier alpha value is -2.31. The normalized spacial score (nSPS) is 9.83. The number of hydrogen-bond donors (Lipinski definition) is 5. The van der Waals surface area contributed by atoms with Crippen LogP contribution in [0.3, 0.4) is 0 Å². The van der Waals surface area contributed by atoms with Gasteiger partial charge in [-0.2, -0.15) is 0 Å². The van der Waals surface area contributed by atoms with Crippen molar-refractivity contribution >= 4 is 17.7 Å². The van der Waals surface area contributed by atoms with E-state index in [2.05, 4.69) is 15.6 Å². The van der Waals surface area contributed by atoms with E-state index in [1.807, 2.05) is 13.0 Å². The minimum atomic E-state index is -1.02. The van der Waals surface area contributed by atoms with E-state index in [1.54, 1.807) is 6.20 Å². The van der Waals surface area contributed by atoms with Gasteiger partial charge >= 0.3 is 6.09 Å². The molecular weight excluding hydrogens is 234 g/mol. The highest BCUT2D eigenvalue weighted by atomic mass is 16.4. The van der Waals surface area contributed by atoms with Gasteiger partial charge in [-0.05, 0) is 31.4 Å². The average molecular weight is 251 g/mol. The summed E-state index contributed by atoms with van der Waals surface area (Å²) in [5.41, 5.74) is 7.70. The van der Waals surface area contributed by atoms with Crippen molar-refractivity contribution in [1.29, 1.82) is 5.41 Å². The van der Waals surface area contributed by atoms with Crippen molar-refractivity contribution in [1.82, 2.24) is 10.3 Å². The summed E-state index contributed by atoms with van der Waals surface area (Å²) in [5, 5.41) is 20.6. The van der Waals surface area contributed by atoms with Crippen LogP contribution in [0.1, 0.15) is 17.7 Å². The van der Waals surface area contributed by atoms with Crippen LogP contribution in [-0.2, 0) is 6.42 Å². The van der Waals surface area contributed by atoms with Crippen LogP contribution in [0.2, 0.25) is 0 Å². The second-order valence-electron chi connectivity index (χ2n) is 3.85. The number of guanidine groups is 1. The molecule has 0 bridgehead atoms. The Balaban J connectivity index is 2.56. The Morgan fingerprint density at radius 1 is 1.61 bits per heavy atom. The molecule has 0 aliphatic rings. The standard InChI is InChI=1S/C11H17N5O2/c1-7-9(16-10(12)13)5-8(6-15-7)3-2-4-14-11(17)18/h5-6,14H,2-4H2,1H3,(H,17,18)(H4,12,13,16). The third kappa shape index (κ3) is 4.69. The summed E-state index contributed by atoms with van der Waals surface area (Å²) in [6, 6.07) is 1.87. The summed E-state index contributed by atoms with van der Waals surface area (Å²) in [6.07, 6.45) is 2.12. The monoisotopic (exact) mass is 251 g/mol. The first kappa shape index (κ1) is 13.8. The second-order valence-corrected chi connectivity index (χ2v) is 3.85. The molecule has 0 aliphatic heterocycles. The van der Waals surface area contributed by atoms with Crippen LogP contribution in [0.25, 0.3) is 0 Å². The maximum absolute atomic E-state index is 10.3. The molecule has 0 aliphatic carbocycles. The Bertz CT molecular complexity index is 447. The van der Waals surface area contributed by atoms with Gasteiger partial charge in [0.15, 0.2) is 5.96 Å². The fourth-order valence-electron chi connectivity index (χ4n) is 1.47. The van der Waals surface area contributed by atoms with Crippen LogP contribution >= 0.6 is 0 Å². The number of pyridine rings is 1. The summed E-state index contributed by atoms with van der Waals surface area (Å²) in [7, 11) is 0. The average Bonchev–Trinajstić information content (AvgIpc) is 2.27. The van der Waals surface area contributed by atoms with Crippen LogP contribution in [0.15, 0.2) is 12.3 Å². The van der Waals surface area contributed by atoms with E-state index in [1.165, 1.54) is 0 Å². The fourth-order valence-corrected chi connectivity index (χ4v) is 1.47. The van der Waals surface area contributed by atoms with Crippen molar-refractivity contribution in [3.8, 4) is 0 Å². The minimum absolute atomic E-state index is 0.135. The molecular formula is C11H17N5O2. The molecule has 0 spiro atoms. The van der Waals surface area contributed by atoms with Crippen LogP contribution < -0.4 is 16.4 Å². The smallest absolute Gasteiger partial charge is 0.404 e. The number of aromatic nitrogens is 1. The maximum atomic E-state index is 10.3. The first-order chi connectivity index (χ1) is 8.49. The summed E-state index contributed by atoms with van der Waals surface area (Å²) < 4.78 is 0. The molecule has 0 fully saturated rings. The van der Waals surface area contributed by atoms with Gasteiger partial charge in [-0.15, -0.1) is 0 Å². The number of amides is 1. The zero-order valence-electron chi connectivity index (χ0n) is 10.2. The lowest BCUT2D eigenvalue weighted by Gasteiger charge is -2.09. The van der Waals surface area contributed by atoms with Crippen molar-refractivity contribution in [2.75, 3.05) is 11.9 Å². The van der Waals surface area contributed by atoms with Gasteiger partial charge in [-0.1, -0.05) is 0 Å². The van der Waals surface area contributed by atoms with Gasteiger partial charge in [0.1, 0.15) is 0 Å². The van der Waals surface area contributed by atoms with Gasteiger partial charge in [0.25, 0.3) is 0 Å². The van der Waals surface area contributed by atoms with Gasteiger partial charge in [0.05, 0.1) is 11.4 Å². The zero-order valence-corrected chi connectivity index (χ0v) is 10.2. The van der Waals surface area contributed by atoms with Crippen LogP contribution in [0.4, 0.5) is 10.5 Å². The number of aryl methyl sites for hydroxylation is 2. The molecule has 18 heavy (non-hydrogen) atoms. The lowest BCUT2D eigenvalue weighted by Crippen LogP contribution is -2.22. The molecule has 1 amide bonds. The highest BCUT2D eigenvalue weighted by Crippen LogP contribution is 2.14. The van der Waals surface area contributed by atoms with E-state index in [-0.39, 0.29) is 5.96 Å². The van der Waals surface area contributed by atoms with E-state index in [0.717, 1.165) is 11.3 Å². The van der Waals surface area contributed by atoms with Crippen molar-refractivity contribution in [3.05, 3.63) is 23.5 Å². The summed E-state index contributed by atoms with van der Waals surface area (Å²) >= 11 is 0. The number of rotatable bonds is 5. The number of nitrogens with two attached hydrogens (primary N) is 1. The first-order valence-electron chi connectivity index (χ1n) is 5.52. The lowest BCUT2D eigenvalue weighted by molar-refractivity contribution is 0.194. The second kappa shape index (κ2) is 6.43. The molecule has 0 saturated heterocycles. The molecule has 7 nitrogen and oxygen atoms in total. The molecule has 1 aromatic heterocycles. The Morgan fingerprint density at radius 3 is 2.94 bits per heavy atom. The van der Waals surface area contributed by atoms with E-state index in [9.17, 15) is 4.79 Å². The minimum Gasteiger partial charge on any atom is -0.465 e. The molecule has 0 unspecified atom stereocenters. The van der Waals surface area contributed by atoms with Crippen LogP contribution in [-0.4, -0.2) is 28.7 Å². The largest absolute Gasteiger partial charge is 0.465 e. The number of carbonyl (C=O) groups is 1. The van der Waals surface area contributed by atoms with E-state index in [4.69, 9.17) is 16.2 Å². The number of nitrogens with zero attached hydrogens (tertiary/aromatic N) is 1. The lowest BCUT2D eigenvalue weighted by atomic mass is 10.1. The molecule has 0 atom stereocenters. The SMILES string of the molecule is Cc1ncc(CCCNC(=O)O)cc1NC(=N)N. The van der Waals surface area contributed by atoms with Gasteiger partial charge in [0.2, 0.25) is 0 Å². The summed E-state index contributed by atoms with van der Waals surface area (Å²) in [5.74, 6) is -0.135. The van der Waals surface area contributed by atoms with Crippen LogP contribution in [0, 0.1) is 12.3 Å². The molecule has 98 valence electrons. The predicted molar refractivity (Wildman–Crippen MR) is 68.9 cm³/mol. The van der Waals surface area contributed by atoms with Gasteiger partial charge in [-0.3, -0.25) is 10.4 Å². The highest BCUT2D eigenvalue weighted by molar-refractivity contribution is 5.90. The molecule has 6 N–H and O–H groups in total. The van der Waals surface area contributed by atoms with Crippen molar-refractivity contribution in [2.45, 2.75) is 19.8 Å². The number of nitrogens with one attached hydrogen (secondary N) is 3. The number of hydrogen-bond acceptors (Lipinski definition) is 3. The molecule has 1 heterocycles. The van der Waals surface area contributed by atoms with Gasteiger partial charge in [0, 0.05) is 12.7 Å². The van der Waals surface area contributed by atoms with E-state index >= 15 is 0 Å². The van der Waals surface area contributed by atoms with E-state index in [0.29, 0.717) is 25.1 Å². The molecule has 1 rings (SSSR count). The van der Waals surface area contributed by atoms with E-state index < -0.39 is 6.09 Å². The first-order valence-corrected chi connectivity index (χ1v) is 5.52.